The molecule has 1 aliphatic rings. The maximum absolute atomic E-state index is 12.6. The number of hydrogen-bond donors (Lipinski definition) is 1. The summed E-state index contributed by atoms with van der Waals surface area (Å²) >= 11 is 1.65. The lowest BCUT2D eigenvalue weighted by atomic mass is 9.96. The summed E-state index contributed by atoms with van der Waals surface area (Å²) in [5.41, 5.74) is 1.01. The number of piperidine rings is 1. The van der Waals surface area contributed by atoms with Gasteiger partial charge in [-0.2, -0.15) is 5.10 Å². The van der Waals surface area contributed by atoms with E-state index in [2.05, 4.69) is 30.3 Å². The molecule has 1 saturated heterocycles. The van der Waals surface area contributed by atoms with Crippen LogP contribution < -0.4 is 10.2 Å². The largest absolute Gasteiger partial charge is 0.356 e. The fraction of sp³-hybridized carbons (Fsp3) is 0.421. The van der Waals surface area contributed by atoms with Gasteiger partial charge in [-0.1, -0.05) is 0 Å². The van der Waals surface area contributed by atoms with Crippen molar-refractivity contribution in [3.8, 4) is 5.82 Å². The third kappa shape index (κ3) is 4.04. The number of rotatable bonds is 5. The van der Waals surface area contributed by atoms with Crippen LogP contribution in [0.5, 0.6) is 0 Å². The number of nitrogens with one attached hydrogen (secondary N) is 1. The summed E-state index contributed by atoms with van der Waals surface area (Å²) in [7, 11) is 0. The van der Waals surface area contributed by atoms with Crippen LogP contribution in [0.25, 0.3) is 5.82 Å². The SMILES string of the molecule is Cc1nc(C)c(CNC(=O)C2CCN(c3cc(-n4cccn4)ncn3)CC2)s1. The standard InChI is InChI=1S/C19H23N7OS/c1-13-16(28-14(2)24-13)11-20-19(27)15-4-8-25(9-5-15)17-10-18(22-12-21-17)26-7-3-6-23-26/h3,6-7,10,12,15H,4-5,8-9,11H2,1-2H3,(H,20,27). The lowest BCUT2D eigenvalue weighted by Gasteiger charge is -2.32. The molecule has 0 aromatic carbocycles. The van der Waals surface area contributed by atoms with Gasteiger partial charge in [0.1, 0.15) is 12.1 Å². The van der Waals surface area contributed by atoms with Crippen LogP contribution in [0.2, 0.25) is 0 Å². The van der Waals surface area contributed by atoms with Crippen molar-refractivity contribution in [3.05, 3.63) is 46.4 Å². The minimum Gasteiger partial charge on any atom is -0.356 e. The van der Waals surface area contributed by atoms with E-state index in [0.717, 1.165) is 53.1 Å². The van der Waals surface area contributed by atoms with Crippen molar-refractivity contribution in [2.24, 2.45) is 5.92 Å². The van der Waals surface area contributed by atoms with Gasteiger partial charge in [0.2, 0.25) is 5.91 Å². The van der Waals surface area contributed by atoms with Crippen molar-refractivity contribution in [1.82, 2.24) is 30.0 Å². The molecule has 0 bridgehead atoms. The van der Waals surface area contributed by atoms with Crippen LogP contribution in [0.1, 0.15) is 28.4 Å². The lowest BCUT2D eigenvalue weighted by Crippen LogP contribution is -2.40. The molecule has 4 rings (SSSR count). The molecule has 0 unspecified atom stereocenters. The number of aryl methyl sites for hydroxylation is 2. The highest BCUT2D eigenvalue weighted by molar-refractivity contribution is 7.11. The molecule has 3 aromatic rings. The van der Waals surface area contributed by atoms with Crippen molar-refractivity contribution >= 4 is 23.1 Å². The third-order valence-electron chi connectivity index (χ3n) is 4.99. The first-order valence-electron chi connectivity index (χ1n) is 9.38. The molecule has 146 valence electrons. The van der Waals surface area contributed by atoms with E-state index in [1.54, 1.807) is 28.5 Å². The minimum atomic E-state index is 0.0398. The molecule has 0 spiro atoms. The van der Waals surface area contributed by atoms with Gasteiger partial charge >= 0.3 is 0 Å². The zero-order chi connectivity index (χ0) is 19.5. The number of thiazole rings is 1. The van der Waals surface area contributed by atoms with Gasteiger partial charge in [0.05, 0.1) is 17.2 Å². The monoisotopic (exact) mass is 397 g/mol. The molecule has 9 heteroatoms. The average Bonchev–Trinajstić information content (AvgIpc) is 3.36. The van der Waals surface area contributed by atoms with Crippen molar-refractivity contribution in [2.45, 2.75) is 33.2 Å². The van der Waals surface area contributed by atoms with E-state index in [0.29, 0.717) is 6.54 Å². The molecule has 8 nitrogen and oxygen atoms in total. The van der Waals surface area contributed by atoms with Gasteiger partial charge in [0, 0.05) is 42.3 Å². The summed E-state index contributed by atoms with van der Waals surface area (Å²) in [6.07, 6.45) is 6.77. The maximum atomic E-state index is 12.6. The second kappa shape index (κ2) is 8.05. The molecule has 0 atom stereocenters. The molecule has 1 aliphatic heterocycles. The van der Waals surface area contributed by atoms with Gasteiger partial charge in [0.25, 0.3) is 0 Å². The van der Waals surface area contributed by atoms with Crippen LogP contribution in [0.4, 0.5) is 5.82 Å². The van der Waals surface area contributed by atoms with E-state index >= 15 is 0 Å². The van der Waals surface area contributed by atoms with Gasteiger partial charge in [-0.15, -0.1) is 11.3 Å². The summed E-state index contributed by atoms with van der Waals surface area (Å²) < 4.78 is 1.72. The van der Waals surface area contributed by atoms with E-state index in [1.165, 1.54) is 0 Å². The molecule has 3 aromatic heterocycles. The average molecular weight is 398 g/mol. The Morgan fingerprint density at radius 1 is 1.25 bits per heavy atom. The van der Waals surface area contributed by atoms with E-state index in [-0.39, 0.29) is 11.8 Å². The number of hydrogen-bond acceptors (Lipinski definition) is 7. The fourth-order valence-corrected chi connectivity index (χ4v) is 4.34. The summed E-state index contributed by atoms with van der Waals surface area (Å²) in [4.78, 5) is 29.0. The Balaban J connectivity index is 1.32. The Bertz CT molecular complexity index is 945. The van der Waals surface area contributed by atoms with Gasteiger partial charge in [-0.25, -0.2) is 19.6 Å². The number of amides is 1. The number of nitrogens with zero attached hydrogens (tertiary/aromatic N) is 6. The fourth-order valence-electron chi connectivity index (χ4n) is 3.46. The summed E-state index contributed by atoms with van der Waals surface area (Å²) in [6.45, 7) is 6.14. The van der Waals surface area contributed by atoms with E-state index in [1.807, 2.05) is 32.2 Å². The third-order valence-corrected chi connectivity index (χ3v) is 6.06. The zero-order valence-electron chi connectivity index (χ0n) is 16.0. The molecule has 1 fully saturated rings. The van der Waals surface area contributed by atoms with Crippen LogP contribution in [0.15, 0.2) is 30.9 Å². The van der Waals surface area contributed by atoms with E-state index in [9.17, 15) is 4.79 Å². The van der Waals surface area contributed by atoms with Gasteiger partial charge in [-0.05, 0) is 32.8 Å². The van der Waals surface area contributed by atoms with Crippen molar-refractivity contribution in [1.29, 1.82) is 0 Å². The topological polar surface area (TPSA) is 88.8 Å². The second-order valence-corrected chi connectivity index (χ2v) is 8.19. The highest BCUT2D eigenvalue weighted by Gasteiger charge is 2.26. The number of anilines is 1. The van der Waals surface area contributed by atoms with Crippen molar-refractivity contribution in [2.75, 3.05) is 18.0 Å². The smallest absolute Gasteiger partial charge is 0.223 e. The van der Waals surface area contributed by atoms with Crippen molar-refractivity contribution in [3.63, 3.8) is 0 Å². The molecule has 28 heavy (non-hydrogen) atoms. The summed E-state index contributed by atoms with van der Waals surface area (Å²) in [5.74, 6) is 1.78. The Hall–Kier alpha value is -2.81. The quantitative estimate of drug-likeness (QED) is 0.710. The molecule has 1 amide bonds. The normalized spacial score (nSPS) is 15.0. The van der Waals surface area contributed by atoms with Gasteiger partial charge < -0.3 is 10.2 Å². The van der Waals surface area contributed by atoms with Crippen LogP contribution in [-0.2, 0) is 11.3 Å². The maximum Gasteiger partial charge on any atom is 0.223 e. The van der Waals surface area contributed by atoms with E-state index < -0.39 is 0 Å². The van der Waals surface area contributed by atoms with Gasteiger partial charge in [-0.3, -0.25) is 4.79 Å². The number of aromatic nitrogens is 5. The van der Waals surface area contributed by atoms with Crippen LogP contribution in [0, 0.1) is 19.8 Å². The predicted molar refractivity (Wildman–Crippen MR) is 108 cm³/mol. The Morgan fingerprint density at radius 3 is 2.71 bits per heavy atom. The number of carbonyl (C=O) groups is 1. The lowest BCUT2D eigenvalue weighted by molar-refractivity contribution is -0.125. The molecule has 1 N–H and O–H groups in total. The first-order valence-corrected chi connectivity index (χ1v) is 10.2. The summed E-state index contributed by atoms with van der Waals surface area (Å²) in [6, 6.07) is 3.79. The Labute approximate surface area is 167 Å². The molecule has 0 saturated carbocycles. The highest BCUT2D eigenvalue weighted by Crippen LogP contribution is 2.23. The van der Waals surface area contributed by atoms with Crippen LogP contribution in [0.3, 0.4) is 0 Å². The zero-order valence-corrected chi connectivity index (χ0v) is 16.8. The highest BCUT2D eigenvalue weighted by atomic mass is 32.1. The predicted octanol–water partition coefficient (Wildman–Crippen LogP) is 2.27. The van der Waals surface area contributed by atoms with Crippen LogP contribution >= 0.6 is 11.3 Å². The molecular weight excluding hydrogens is 374 g/mol. The Kier molecular flexibility index (Phi) is 5.34. The Morgan fingerprint density at radius 2 is 2.04 bits per heavy atom. The first-order chi connectivity index (χ1) is 13.6. The molecule has 4 heterocycles. The molecule has 0 radical (unpaired) electrons. The van der Waals surface area contributed by atoms with Crippen molar-refractivity contribution < 1.29 is 4.79 Å². The van der Waals surface area contributed by atoms with Crippen LogP contribution in [-0.4, -0.2) is 43.7 Å². The summed E-state index contributed by atoms with van der Waals surface area (Å²) in [5, 5.41) is 8.33. The van der Waals surface area contributed by atoms with E-state index in [4.69, 9.17) is 0 Å². The minimum absolute atomic E-state index is 0.0398. The molecular formula is C19H23N7OS. The first kappa shape index (κ1) is 18.5. The number of carbonyl (C=O) groups excluding carboxylic acids is 1. The molecule has 0 aliphatic carbocycles. The second-order valence-electron chi connectivity index (χ2n) is 6.91. The van der Waals surface area contributed by atoms with Gasteiger partial charge in [0.15, 0.2) is 5.82 Å².